The second-order valence-corrected chi connectivity index (χ2v) is 6.41. The molecule has 1 aliphatic rings. The molecule has 0 spiro atoms. The largest absolute Gasteiger partial charge is 0.391 e. The Morgan fingerprint density at radius 2 is 1.86 bits per heavy atom. The molecule has 2 N–H and O–H groups in total. The number of hydrogen-bond donors (Lipinski definition) is 2. The number of hydrogen-bond acceptors (Lipinski definition) is 2. The Hall–Kier alpha value is -1.33. The highest BCUT2D eigenvalue weighted by Gasteiger charge is 2.27. The van der Waals surface area contributed by atoms with Crippen molar-refractivity contribution in [1.29, 1.82) is 0 Å². The molecule has 4 nitrogen and oxygen atoms in total. The predicted molar refractivity (Wildman–Crippen MR) is 86.3 cm³/mol. The second-order valence-electron chi connectivity index (χ2n) is 5.61. The molecule has 3 rings (SSSR count). The van der Waals surface area contributed by atoms with E-state index in [9.17, 15) is 9.90 Å². The van der Waals surface area contributed by atoms with Gasteiger partial charge in [0, 0.05) is 5.56 Å². The van der Waals surface area contributed by atoms with Crippen LogP contribution in [0.2, 0.25) is 0 Å². The quantitative estimate of drug-likeness (QED) is 0.814. The first-order chi connectivity index (χ1) is 10.2. The number of aliphatic hydroxyl groups is 1. The molecule has 1 aromatic heterocycles. The molecule has 2 aromatic rings. The Morgan fingerprint density at radius 1 is 1.14 bits per heavy atom. The van der Waals surface area contributed by atoms with Gasteiger partial charge in [-0.05, 0) is 28.8 Å². The van der Waals surface area contributed by atoms with E-state index in [4.69, 9.17) is 0 Å². The summed E-state index contributed by atoms with van der Waals surface area (Å²) in [4.78, 5) is 12.5. The Kier molecular flexibility index (Phi) is 4.31. The minimum atomic E-state index is -0.459. The lowest BCUT2D eigenvalue weighted by Crippen LogP contribution is -2.31. The molecule has 2 unspecified atom stereocenters. The van der Waals surface area contributed by atoms with Crippen LogP contribution in [0.3, 0.4) is 0 Å². The zero-order valence-corrected chi connectivity index (χ0v) is 13.3. The Balaban J connectivity index is 2.02. The van der Waals surface area contributed by atoms with E-state index < -0.39 is 6.10 Å². The zero-order valence-electron chi connectivity index (χ0n) is 11.8. The van der Waals surface area contributed by atoms with Gasteiger partial charge in [-0.2, -0.15) is 0 Å². The van der Waals surface area contributed by atoms with Crippen LogP contribution >= 0.6 is 15.9 Å². The summed E-state index contributed by atoms with van der Waals surface area (Å²) in [6, 6.07) is 9.60. The van der Waals surface area contributed by atoms with Crippen molar-refractivity contribution in [1.82, 2.24) is 9.78 Å². The molecule has 1 fully saturated rings. The van der Waals surface area contributed by atoms with Gasteiger partial charge in [-0.3, -0.25) is 9.89 Å². The molecule has 1 aliphatic carbocycles. The lowest BCUT2D eigenvalue weighted by atomic mass is 10.1. The van der Waals surface area contributed by atoms with Crippen LogP contribution in [0.4, 0.5) is 0 Å². The molecular formula is C16H19BrN2O2. The van der Waals surface area contributed by atoms with Crippen molar-refractivity contribution < 1.29 is 5.11 Å². The predicted octanol–water partition coefficient (Wildman–Crippen LogP) is 3.47. The van der Waals surface area contributed by atoms with E-state index >= 15 is 0 Å². The molecule has 112 valence electrons. The number of aliphatic hydroxyl groups excluding tert-OH is 1. The molecule has 1 heterocycles. The van der Waals surface area contributed by atoms with Gasteiger partial charge in [0.1, 0.15) is 4.47 Å². The van der Waals surface area contributed by atoms with E-state index in [2.05, 4.69) is 21.0 Å². The molecule has 2 atom stereocenters. The van der Waals surface area contributed by atoms with Crippen LogP contribution in [0, 0.1) is 0 Å². The molecule has 1 saturated carbocycles. The van der Waals surface area contributed by atoms with E-state index in [1.54, 1.807) is 4.68 Å². The fraction of sp³-hybridized carbons (Fsp3) is 0.438. The van der Waals surface area contributed by atoms with E-state index in [0.29, 0.717) is 4.47 Å². The maximum Gasteiger partial charge on any atom is 0.281 e. The highest BCUT2D eigenvalue weighted by molar-refractivity contribution is 9.10. The standard InChI is InChI=1S/C16H19BrN2O2/c17-14-15(11-7-3-1-4-8-11)18-19(16(14)21)12-9-5-2-6-10-13(12)20/h1,3-4,7-8,12-13,18,20H,2,5-6,9-10H2. The summed E-state index contributed by atoms with van der Waals surface area (Å²) in [5, 5.41) is 13.5. The van der Waals surface area contributed by atoms with Gasteiger partial charge in [-0.25, -0.2) is 4.68 Å². The number of aromatic nitrogens is 2. The summed E-state index contributed by atoms with van der Waals surface area (Å²) in [6.45, 7) is 0. The van der Waals surface area contributed by atoms with E-state index in [1.165, 1.54) is 0 Å². The topological polar surface area (TPSA) is 58.0 Å². The van der Waals surface area contributed by atoms with Crippen LogP contribution in [-0.4, -0.2) is 21.0 Å². The maximum atomic E-state index is 12.5. The van der Waals surface area contributed by atoms with Crippen molar-refractivity contribution >= 4 is 15.9 Å². The van der Waals surface area contributed by atoms with Crippen LogP contribution < -0.4 is 5.56 Å². The molecule has 0 amide bonds. The Labute approximate surface area is 131 Å². The summed E-state index contributed by atoms with van der Waals surface area (Å²) < 4.78 is 2.13. The maximum absolute atomic E-state index is 12.5. The number of benzene rings is 1. The average molecular weight is 351 g/mol. The highest BCUT2D eigenvalue weighted by Crippen LogP contribution is 2.29. The number of nitrogens with one attached hydrogen (secondary N) is 1. The lowest BCUT2D eigenvalue weighted by Gasteiger charge is -2.20. The molecule has 0 radical (unpaired) electrons. The van der Waals surface area contributed by atoms with Crippen molar-refractivity contribution in [2.24, 2.45) is 0 Å². The summed E-state index contributed by atoms with van der Waals surface area (Å²) in [6.07, 6.45) is 4.33. The molecule has 0 aliphatic heterocycles. The minimum absolute atomic E-state index is 0.0974. The molecule has 0 bridgehead atoms. The molecule has 0 saturated heterocycles. The van der Waals surface area contributed by atoms with Gasteiger partial charge in [0.25, 0.3) is 5.56 Å². The van der Waals surface area contributed by atoms with E-state index in [-0.39, 0.29) is 11.6 Å². The van der Waals surface area contributed by atoms with Crippen molar-refractivity contribution in [3.8, 4) is 11.3 Å². The van der Waals surface area contributed by atoms with Crippen LogP contribution in [0.25, 0.3) is 11.3 Å². The molecular weight excluding hydrogens is 332 g/mol. The van der Waals surface area contributed by atoms with Crippen LogP contribution in [0.5, 0.6) is 0 Å². The normalized spacial score (nSPS) is 23.0. The highest BCUT2D eigenvalue weighted by atomic mass is 79.9. The van der Waals surface area contributed by atoms with Gasteiger partial charge < -0.3 is 5.11 Å². The van der Waals surface area contributed by atoms with Gasteiger partial charge in [0.05, 0.1) is 17.8 Å². The summed E-state index contributed by atoms with van der Waals surface area (Å²) in [7, 11) is 0. The van der Waals surface area contributed by atoms with Gasteiger partial charge in [0.2, 0.25) is 0 Å². The SMILES string of the molecule is O=c1c(Br)c(-c2ccccc2)[nH]n1C1CCCCCC1O. The fourth-order valence-electron chi connectivity index (χ4n) is 3.03. The monoisotopic (exact) mass is 350 g/mol. The van der Waals surface area contributed by atoms with Crippen molar-refractivity contribution in [2.75, 3.05) is 0 Å². The number of H-pyrrole nitrogens is 1. The van der Waals surface area contributed by atoms with Crippen molar-refractivity contribution in [3.63, 3.8) is 0 Å². The summed E-state index contributed by atoms with van der Waals surface area (Å²) in [5.74, 6) is 0. The van der Waals surface area contributed by atoms with Crippen LogP contribution in [-0.2, 0) is 0 Å². The fourth-order valence-corrected chi connectivity index (χ4v) is 3.54. The zero-order chi connectivity index (χ0) is 14.8. The van der Waals surface area contributed by atoms with Gasteiger partial charge in [-0.1, -0.05) is 49.6 Å². The number of nitrogens with zero attached hydrogens (tertiary/aromatic N) is 1. The van der Waals surface area contributed by atoms with E-state index in [1.807, 2.05) is 30.3 Å². The van der Waals surface area contributed by atoms with Crippen LogP contribution in [0.15, 0.2) is 39.6 Å². The van der Waals surface area contributed by atoms with Crippen LogP contribution in [0.1, 0.15) is 38.1 Å². The van der Waals surface area contributed by atoms with Gasteiger partial charge >= 0.3 is 0 Å². The number of halogens is 1. The van der Waals surface area contributed by atoms with Crippen molar-refractivity contribution in [3.05, 3.63) is 45.2 Å². The molecule has 1 aromatic carbocycles. The summed E-state index contributed by atoms with van der Waals surface area (Å²) in [5.41, 5.74) is 1.64. The third-order valence-electron chi connectivity index (χ3n) is 4.20. The van der Waals surface area contributed by atoms with Gasteiger partial charge in [0.15, 0.2) is 0 Å². The summed E-state index contributed by atoms with van der Waals surface area (Å²) >= 11 is 3.40. The first kappa shape index (κ1) is 14.6. The Morgan fingerprint density at radius 3 is 2.62 bits per heavy atom. The van der Waals surface area contributed by atoms with Crippen molar-refractivity contribution in [2.45, 2.75) is 44.2 Å². The van der Waals surface area contributed by atoms with Gasteiger partial charge in [-0.15, -0.1) is 0 Å². The first-order valence-corrected chi connectivity index (χ1v) is 8.21. The third-order valence-corrected chi connectivity index (χ3v) is 4.93. The smallest absolute Gasteiger partial charge is 0.281 e. The average Bonchev–Trinajstić information content (AvgIpc) is 2.67. The number of aromatic amines is 1. The van der Waals surface area contributed by atoms with E-state index in [0.717, 1.165) is 43.4 Å². The Bertz CT molecular complexity index is 663. The first-order valence-electron chi connectivity index (χ1n) is 7.42. The third kappa shape index (κ3) is 2.85. The lowest BCUT2D eigenvalue weighted by molar-refractivity contribution is 0.0974. The minimum Gasteiger partial charge on any atom is -0.391 e. The molecule has 5 heteroatoms. The second kappa shape index (κ2) is 6.20. The number of rotatable bonds is 2. The molecule has 21 heavy (non-hydrogen) atoms.